The highest BCUT2D eigenvalue weighted by molar-refractivity contribution is 6.04. The zero-order valence-corrected chi connectivity index (χ0v) is 8.02. The molecule has 0 spiro atoms. The lowest BCUT2D eigenvalue weighted by Gasteiger charge is -2.22. The van der Waals surface area contributed by atoms with Crippen molar-refractivity contribution in [3.8, 4) is 0 Å². The van der Waals surface area contributed by atoms with Crippen LogP contribution in [-0.4, -0.2) is 42.5 Å². The van der Waals surface area contributed by atoms with Gasteiger partial charge >= 0.3 is 11.9 Å². The van der Waals surface area contributed by atoms with E-state index in [0.29, 0.717) is 0 Å². The molecule has 0 aromatic heterocycles. The van der Waals surface area contributed by atoms with Crippen LogP contribution in [0, 0.1) is 0 Å². The third kappa shape index (κ3) is 2.66. The summed E-state index contributed by atoms with van der Waals surface area (Å²) in [6.45, 7) is 0.883. The maximum absolute atomic E-state index is 11.2. The van der Waals surface area contributed by atoms with Crippen molar-refractivity contribution in [1.82, 2.24) is 0 Å². The molecule has 7 heteroatoms. The molecule has 0 saturated heterocycles. The highest BCUT2D eigenvalue weighted by atomic mass is 16.7. The van der Waals surface area contributed by atoms with Gasteiger partial charge in [0.05, 0.1) is 0 Å². The van der Waals surface area contributed by atoms with Gasteiger partial charge in [0.1, 0.15) is 0 Å². The first-order chi connectivity index (χ1) is 6.38. The number of aliphatic carboxylic acids is 1. The van der Waals surface area contributed by atoms with Gasteiger partial charge in [-0.1, -0.05) is 0 Å². The van der Waals surface area contributed by atoms with E-state index in [9.17, 15) is 9.59 Å². The second-order valence-electron chi connectivity index (χ2n) is 2.69. The fourth-order valence-corrected chi connectivity index (χ4v) is 0.562. The first kappa shape index (κ1) is 12.8. The molecule has 0 radical (unpaired) electrons. The molecule has 0 aliphatic carbocycles. The summed E-state index contributed by atoms with van der Waals surface area (Å²) < 4.78 is 9.18. The van der Waals surface area contributed by atoms with Crippen molar-refractivity contribution < 1.29 is 24.2 Å². The second-order valence-corrected chi connectivity index (χ2v) is 2.69. The molecule has 0 aromatic carbocycles. The van der Waals surface area contributed by atoms with E-state index < -0.39 is 30.3 Å². The van der Waals surface area contributed by atoms with Crippen molar-refractivity contribution in [1.29, 1.82) is 0 Å². The van der Waals surface area contributed by atoms with Crippen molar-refractivity contribution in [2.75, 3.05) is 13.7 Å². The van der Waals surface area contributed by atoms with E-state index in [1.54, 1.807) is 0 Å². The lowest BCUT2D eigenvalue weighted by atomic mass is 10.0. The predicted octanol–water partition coefficient (Wildman–Crippen LogP) is -1.74. The SMILES string of the molecule is COC(C)OC(=O)C(N)(CN)C(=O)O. The van der Waals surface area contributed by atoms with E-state index in [0.717, 1.165) is 0 Å². The third-order valence-corrected chi connectivity index (χ3v) is 1.67. The fraction of sp³-hybridized carbons (Fsp3) is 0.714. The Morgan fingerprint density at radius 2 is 2.07 bits per heavy atom. The molecular formula is C7H14N2O5. The summed E-state index contributed by atoms with van der Waals surface area (Å²) in [5.74, 6) is -2.66. The Balaban J connectivity index is 4.55. The number of hydrogen-bond acceptors (Lipinski definition) is 6. The van der Waals surface area contributed by atoms with Crippen molar-refractivity contribution in [3.63, 3.8) is 0 Å². The van der Waals surface area contributed by atoms with E-state index in [-0.39, 0.29) is 0 Å². The summed E-state index contributed by atoms with van der Waals surface area (Å²) in [4.78, 5) is 21.8. The summed E-state index contributed by atoms with van der Waals surface area (Å²) in [5.41, 5.74) is 8.10. The van der Waals surface area contributed by atoms with Gasteiger partial charge in [-0.3, -0.25) is 0 Å². The number of nitrogens with two attached hydrogens (primary N) is 2. The topological polar surface area (TPSA) is 125 Å². The number of methoxy groups -OCH3 is 1. The summed E-state index contributed by atoms with van der Waals surface area (Å²) >= 11 is 0. The van der Waals surface area contributed by atoms with Crippen LogP contribution in [0.5, 0.6) is 0 Å². The van der Waals surface area contributed by atoms with Gasteiger partial charge in [0, 0.05) is 13.7 Å². The Bertz CT molecular complexity index is 232. The standard InChI is InChI=1S/C7H14N2O5/c1-4(13-2)14-6(12)7(9,3-8)5(10)11/h4H,3,8-9H2,1-2H3,(H,10,11). The number of hydrogen-bond donors (Lipinski definition) is 3. The highest BCUT2D eigenvalue weighted by Gasteiger charge is 2.43. The average molecular weight is 206 g/mol. The Kier molecular flexibility index (Phi) is 4.48. The minimum atomic E-state index is -2.22. The minimum Gasteiger partial charge on any atom is -0.479 e. The molecule has 0 bridgehead atoms. The molecule has 7 nitrogen and oxygen atoms in total. The molecule has 0 aliphatic heterocycles. The van der Waals surface area contributed by atoms with Gasteiger partial charge in [-0.15, -0.1) is 0 Å². The van der Waals surface area contributed by atoms with Crippen LogP contribution in [-0.2, 0) is 19.1 Å². The zero-order chi connectivity index (χ0) is 11.4. The van der Waals surface area contributed by atoms with Crippen LogP contribution < -0.4 is 11.5 Å². The minimum absolute atomic E-state index is 0.544. The monoisotopic (exact) mass is 206 g/mol. The first-order valence-corrected chi connectivity index (χ1v) is 3.84. The van der Waals surface area contributed by atoms with Crippen LogP contribution in [0.3, 0.4) is 0 Å². The van der Waals surface area contributed by atoms with Crippen LogP contribution in [0.15, 0.2) is 0 Å². The largest absolute Gasteiger partial charge is 0.479 e. The van der Waals surface area contributed by atoms with Gasteiger partial charge in [-0.25, -0.2) is 9.59 Å². The maximum Gasteiger partial charge on any atom is 0.341 e. The number of carbonyl (C=O) groups is 2. The summed E-state index contributed by atoms with van der Waals surface area (Å²) in [7, 11) is 1.30. The van der Waals surface area contributed by atoms with Crippen LogP contribution in [0.4, 0.5) is 0 Å². The molecule has 0 fully saturated rings. The number of esters is 1. The molecule has 14 heavy (non-hydrogen) atoms. The molecule has 82 valence electrons. The molecule has 0 rings (SSSR count). The van der Waals surface area contributed by atoms with Crippen LogP contribution in [0.25, 0.3) is 0 Å². The summed E-state index contributed by atoms with van der Waals surface area (Å²) in [6, 6.07) is 0. The molecule has 5 N–H and O–H groups in total. The Morgan fingerprint density at radius 1 is 1.57 bits per heavy atom. The number of carboxylic acid groups (broad SMARTS) is 1. The fourth-order valence-electron chi connectivity index (χ4n) is 0.562. The van der Waals surface area contributed by atoms with Crippen molar-refractivity contribution in [2.24, 2.45) is 11.5 Å². The molecular weight excluding hydrogens is 192 g/mol. The van der Waals surface area contributed by atoms with Gasteiger partial charge in [-0.05, 0) is 6.92 Å². The molecule has 2 atom stereocenters. The highest BCUT2D eigenvalue weighted by Crippen LogP contribution is 2.05. The van der Waals surface area contributed by atoms with Crippen molar-refractivity contribution in [3.05, 3.63) is 0 Å². The van der Waals surface area contributed by atoms with Gasteiger partial charge < -0.3 is 26.0 Å². The van der Waals surface area contributed by atoms with Gasteiger partial charge in [0.25, 0.3) is 0 Å². The van der Waals surface area contributed by atoms with E-state index in [1.807, 2.05) is 0 Å². The van der Waals surface area contributed by atoms with E-state index in [4.69, 9.17) is 16.6 Å². The predicted molar refractivity (Wildman–Crippen MR) is 46.2 cm³/mol. The molecule has 0 saturated carbocycles. The van der Waals surface area contributed by atoms with Gasteiger partial charge in [-0.2, -0.15) is 0 Å². The number of carbonyl (C=O) groups excluding carboxylic acids is 1. The van der Waals surface area contributed by atoms with Gasteiger partial charge in [0.15, 0.2) is 6.29 Å². The Hall–Kier alpha value is -1.18. The number of rotatable bonds is 5. The van der Waals surface area contributed by atoms with E-state index >= 15 is 0 Å². The van der Waals surface area contributed by atoms with Crippen LogP contribution in [0.1, 0.15) is 6.92 Å². The third-order valence-electron chi connectivity index (χ3n) is 1.67. The Morgan fingerprint density at radius 3 is 2.36 bits per heavy atom. The summed E-state index contributed by atoms with van der Waals surface area (Å²) in [5, 5.41) is 8.64. The molecule has 0 aliphatic rings. The lowest BCUT2D eigenvalue weighted by Crippen LogP contribution is -2.61. The number of ether oxygens (including phenoxy) is 2. The van der Waals surface area contributed by atoms with Crippen molar-refractivity contribution in [2.45, 2.75) is 18.8 Å². The normalized spacial score (nSPS) is 16.9. The van der Waals surface area contributed by atoms with Crippen molar-refractivity contribution >= 4 is 11.9 Å². The molecule has 2 unspecified atom stereocenters. The average Bonchev–Trinajstić information content (AvgIpc) is 2.15. The molecule has 0 heterocycles. The zero-order valence-electron chi connectivity index (χ0n) is 8.02. The lowest BCUT2D eigenvalue weighted by molar-refractivity contribution is -0.180. The Labute approximate surface area is 81.0 Å². The molecule has 0 aromatic rings. The van der Waals surface area contributed by atoms with E-state index in [2.05, 4.69) is 9.47 Å². The quantitative estimate of drug-likeness (QED) is 0.277. The van der Waals surface area contributed by atoms with Crippen LogP contribution in [0.2, 0.25) is 0 Å². The second kappa shape index (κ2) is 4.89. The molecule has 0 amide bonds. The number of carboxylic acids is 1. The summed E-state index contributed by atoms with van der Waals surface area (Å²) in [6.07, 6.45) is -0.865. The first-order valence-electron chi connectivity index (χ1n) is 3.84. The van der Waals surface area contributed by atoms with E-state index in [1.165, 1.54) is 14.0 Å². The maximum atomic E-state index is 11.2. The van der Waals surface area contributed by atoms with Gasteiger partial charge in [0.2, 0.25) is 5.54 Å². The smallest absolute Gasteiger partial charge is 0.341 e. The van der Waals surface area contributed by atoms with Crippen LogP contribution >= 0.6 is 0 Å².